The average molecular weight is 292 g/mol. The number of ether oxygens (including phenoxy) is 1. The Hall–Kier alpha value is -2.14. The first kappa shape index (κ1) is 14.3. The molecule has 0 fully saturated rings. The standard InChI is InChI=1S/C14H14ClN3O2/c1-14(13(19)20-2,12-9-16-7-8-17-12)18-11-6-4-3-5-10(11)15/h3-9,18H,1-2H3. The van der Waals surface area contributed by atoms with Crippen LogP contribution in [0.25, 0.3) is 0 Å². The van der Waals surface area contributed by atoms with Crippen LogP contribution in [0.3, 0.4) is 0 Å². The Morgan fingerprint density at radius 3 is 2.70 bits per heavy atom. The van der Waals surface area contributed by atoms with Gasteiger partial charge in [0.1, 0.15) is 0 Å². The van der Waals surface area contributed by atoms with Gasteiger partial charge in [-0.15, -0.1) is 0 Å². The third kappa shape index (κ3) is 2.72. The fourth-order valence-electron chi connectivity index (χ4n) is 1.81. The summed E-state index contributed by atoms with van der Waals surface area (Å²) in [4.78, 5) is 20.3. The quantitative estimate of drug-likeness (QED) is 0.877. The van der Waals surface area contributed by atoms with Crippen LogP contribution in [-0.2, 0) is 15.1 Å². The second kappa shape index (κ2) is 5.88. The predicted molar refractivity (Wildman–Crippen MR) is 76.5 cm³/mol. The van der Waals surface area contributed by atoms with Crippen LogP contribution < -0.4 is 5.32 Å². The van der Waals surface area contributed by atoms with E-state index in [-0.39, 0.29) is 0 Å². The zero-order valence-electron chi connectivity index (χ0n) is 11.1. The maximum Gasteiger partial charge on any atom is 0.337 e. The highest BCUT2D eigenvalue weighted by molar-refractivity contribution is 6.33. The number of methoxy groups -OCH3 is 1. The minimum atomic E-state index is -1.17. The molecule has 0 saturated heterocycles. The van der Waals surface area contributed by atoms with Gasteiger partial charge in [0.25, 0.3) is 0 Å². The maximum absolute atomic E-state index is 12.2. The van der Waals surface area contributed by atoms with Crippen molar-refractivity contribution in [1.29, 1.82) is 0 Å². The molecule has 0 aliphatic heterocycles. The third-order valence-electron chi connectivity index (χ3n) is 2.93. The highest BCUT2D eigenvalue weighted by Crippen LogP contribution is 2.29. The number of hydrogen-bond donors (Lipinski definition) is 1. The molecule has 0 radical (unpaired) electrons. The molecule has 20 heavy (non-hydrogen) atoms. The molecule has 1 atom stereocenters. The second-order valence-corrected chi connectivity index (χ2v) is 4.72. The molecule has 0 spiro atoms. The van der Waals surface area contributed by atoms with Crippen LogP contribution >= 0.6 is 11.6 Å². The molecular formula is C14H14ClN3O2. The van der Waals surface area contributed by atoms with Crippen LogP contribution in [0.15, 0.2) is 42.9 Å². The fourth-order valence-corrected chi connectivity index (χ4v) is 2.00. The van der Waals surface area contributed by atoms with Gasteiger partial charge in [-0.05, 0) is 19.1 Å². The minimum Gasteiger partial charge on any atom is -0.467 e. The zero-order valence-corrected chi connectivity index (χ0v) is 11.9. The zero-order chi connectivity index (χ0) is 14.6. The van der Waals surface area contributed by atoms with Crippen molar-refractivity contribution in [1.82, 2.24) is 9.97 Å². The van der Waals surface area contributed by atoms with Gasteiger partial charge in [-0.2, -0.15) is 0 Å². The summed E-state index contributed by atoms with van der Waals surface area (Å²) in [6.07, 6.45) is 4.57. The van der Waals surface area contributed by atoms with Crippen LogP contribution in [0, 0.1) is 0 Å². The van der Waals surface area contributed by atoms with Crippen LogP contribution in [0.5, 0.6) is 0 Å². The summed E-state index contributed by atoms with van der Waals surface area (Å²) in [5, 5.41) is 3.59. The Balaban J connectivity index is 2.44. The largest absolute Gasteiger partial charge is 0.467 e. The van der Waals surface area contributed by atoms with E-state index in [0.29, 0.717) is 16.4 Å². The molecule has 0 bridgehead atoms. The number of benzene rings is 1. The van der Waals surface area contributed by atoms with Gasteiger partial charge in [0.05, 0.1) is 29.7 Å². The summed E-state index contributed by atoms with van der Waals surface area (Å²) >= 11 is 6.11. The molecule has 1 aromatic carbocycles. The van der Waals surface area contributed by atoms with Gasteiger partial charge in [-0.25, -0.2) is 4.79 Å². The lowest BCUT2D eigenvalue weighted by Crippen LogP contribution is -2.42. The Bertz CT molecular complexity index is 606. The molecule has 6 heteroatoms. The van der Waals surface area contributed by atoms with Crippen molar-refractivity contribution in [2.24, 2.45) is 0 Å². The summed E-state index contributed by atoms with van der Waals surface area (Å²) in [5.74, 6) is -0.474. The topological polar surface area (TPSA) is 64.1 Å². The van der Waals surface area contributed by atoms with Crippen molar-refractivity contribution >= 4 is 23.3 Å². The molecule has 1 aromatic heterocycles. The van der Waals surface area contributed by atoms with E-state index in [2.05, 4.69) is 15.3 Å². The Morgan fingerprint density at radius 2 is 2.10 bits per heavy atom. The molecule has 1 N–H and O–H groups in total. The molecule has 2 aromatic rings. The molecule has 1 heterocycles. The number of aromatic nitrogens is 2. The van der Waals surface area contributed by atoms with E-state index >= 15 is 0 Å². The molecule has 0 saturated carbocycles. The molecule has 5 nitrogen and oxygen atoms in total. The Labute approximate surface area is 122 Å². The molecular weight excluding hydrogens is 278 g/mol. The van der Waals surface area contributed by atoms with Gasteiger partial charge in [-0.1, -0.05) is 23.7 Å². The molecule has 0 aliphatic rings. The normalized spacial score (nSPS) is 13.3. The first-order chi connectivity index (χ1) is 9.58. The minimum absolute atomic E-state index is 0.451. The van der Waals surface area contributed by atoms with Gasteiger partial charge in [0.2, 0.25) is 0 Å². The lowest BCUT2D eigenvalue weighted by atomic mass is 9.97. The number of nitrogens with one attached hydrogen (secondary N) is 1. The predicted octanol–water partition coefficient (Wildman–Crippen LogP) is 2.63. The monoisotopic (exact) mass is 291 g/mol. The van der Waals surface area contributed by atoms with Crippen molar-refractivity contribution in [2.75, 3.05) is 12.4 Å². The number of esters is 1. The van der Waals surface area contributed by atoms with E-state index in [1.54, 1.807) is 19.1 Å². The van der Waals surface area contributed by atoms with Gasteiger partial charge >= 0.3 is 5.97 Å². The number of halogens is 1. The van der Waals surface area contributed by atoms with Gasteiger partial charge in [-0.3, -0.25) is 9.97 Å². The van der Waals surface area contributed by atoms with Crippen LogP contribution in [0.2, 0.25) is 5.02 Å². The van der Waals surface area contributed by atoms with E-state index in [1.807, 2.05) is 12.1 Å². The number of rotatable bonds is 4. The number of anilines is 1. The summed E-state index contributed by atoms with van der Waals surface area (Å²) in [5.41, 5.74) is -0.104. The average Bonchev–Trinajstić information content (AvgIpc) is 2.49. The number of carbonyl (C=O) groups excluding carboxylic acids is 1. The number of nitrogens with zero attached hydrogens (tertiary/aromatic N) is 2. The van der Waals surface area contributed by atoms with E-state index in [9.17, 15) is 4.79 Å². The highest BCUT2D eigenvalue weighted by Gasteiger charge is 2.38. The van der Waals surface area contributed by atoms with Crippen molar-refractivity contribution in [3.8, 4) is 0 Å². The van der Waals surface area contributed by atoms with Gasteiger partial charge in [0.15, 0.2) is 5.54 Å². The fraction of sp³-hybridized carbons (Fsp3) is 0.214. The van der Waals surface area contributed by atoms with Crippen molar-refractivity contribution in [3.05, 3.63) is 53.6 Å². The SMILES string of the molecule is COC(=O)C(C)(Nc1ccccc1Cl)c1cnccn1. The second-order valence-electron chi connectivity index (χ2n) is 4.31. The number of carbonyl (C=O) groups is 1. The van der Waals surface area contributed by atoms with E-state index in [1.165, 1.54) is 25.7 Å². The molecule has 104 valence electrons. The third-order valence-corrected chi connectivity index (χ3v) is 3.26. The van der Waals surface area contributed by atoms with Crippen molar-refractivity contribution < 1.29 is 9.53 Å². The van der Waals surface area contributed by atoms with E-state index in [4.69, 9.17) is 16.3 Å². The lowest BCUT2D eigenvalue weighted by Gasteiger charge is -2.28. The van der Waals surface area contributed by atoms with Crippen LogP contribution in [0.4, 0.5) is 5.69 Å². The van der Waals surface area contributed by atoms with Crippen LogP contribution in [0.1, 0.15) is 12.6 Å². The lowest BCUT2D eigenvalue weighted by molar-refractivity contribution is -0.145. The van der Waals surface area contributed by atoms with Gasteiger partial charge < -0.3 is 10.1 Å². The maximum atomic E-state index is 12.2. The molecule has 1 unspecified atom stereocenters. The summed E-state index contributed by atoms with van der Waals surface area (Å²) < 4.78 is 4.87. The molecule has 0 aliphatic carbocycles. The Morgan fingerprint density at radius 1 is 1.35 bits per heavy atom. The highest BCUT2D eigenvalue weighted by atomic mass is 35.5. The number of para-hydroxylation sites is 1. The summed E-state index contributed by atoms with van der Waals surface area (Å²) in [6, 6.07) is 7.14. The Kier molecular flexibility index (Phi) is 4.20. The molecule has 0 amide bonds. The van der Waals surface area contributed by atoms with Crippen molar-refractivity contribution in [3.63, 3.8) is 0 Å². The smallest absolute Gasteiger partial charge is 0.337 e. The van der Waals surface area contributed by atoms with Gasteiger partial charge in [0, 0.05) is 12.4 Å². The summed E-state index contributed by atoms with van der Waals surface area (Å²) in [6.45, 7) is 1.67. The first-order valence-electron chi connectivity index (χ1n) is 5.95. The van der Waals surface area contributed by atoms with E-state index in [0.717, 1.165) is 0 Å². The summed E-state index contributed by atoms with van der Waals surface area (Å²) in [7, 11) is 1.32. The van der Waals surface area contributed by atoms with Crippen LogP contribution in [-0.4, -0.2) is 23.0 Å². The van der Waals surface area contributed by atoms with Crippen molar-refractivity contribution in [2.45, 2.75) is 12.5 Å². The molecule has 2 rings (SSSR count). The first-order valence-corrected chi connectivity index (χ1v) is 6.33. The number of hydrogen-bond acceptors (Lipinski definition) is 5. The van der Waals surface area contributed by atoms with E-state index < -0.39 is 11.5 Å².